The van der Waals surface area contributed by atoms with Crippen LogP contribution in [0.1, 0.15) is 0 Å². The Hall–Kier alpha value is -5.80. The van der Waals surface area contributed by atoms with E-state index in [1.165, 1.54) is 0 Å². The Bertz CT molecular complexity index is 961. The van der Waals surface area contributed by atoms with Gasteiger partial charge in [-0.15, -0.1) is 0 Å². The lowest BCUT2D eigenvalue weighted by molar-refractivity contribution is -0.849. The summed E-state index contributed by atoms with van der Waals surface area (Å²) >= 11 is 19.6. The Labute approximate surface area is 355 Å². The zero-order valence-electron chi connectivity index (χ0n) is 30.0. The standard InChI is InChI=1S/2C4H12N.6C2H2O5S/c2*1-5(2,3)4;6*3-1(4)6-7-2(5)8/h2*1-4H3;6*(H,3,4)(H,5,8)/q2*+1;;;;;;/p-2. The maximum atomic E-state index is 9.60. The molecule has 0 atom stereocenters. The minimum atomic E-state index is -1.71. The number of carbonyl (C=O) groups excluding carboxylic acids is 6. The Morgan fingerprint density at radius 1 is 0.310 bits per heavy atom. The molecule has 0 bridgehead atoms. The summed E-state index contributed by atoms with van der Waals surface area (Å²) in [5.41, 5.74) is 0. The highest BCUT2D eigenvalue weighted by molar-refractivity contribution is 7.96. The van der Waals surface area contributed by atoms with Gasteiger partial charge in [0.2, 0.25) is 10.6 Å². The Kier molecular flexibility index (Phi) is 53.0. The lowest BCUT2D eigenvalue weighted by atomic mass is 10.8. The van der Waals surface area contributed by atoms with Crippen LogP contribution in [-0.4, -0.2) is 165 Å². The summed E-state index contributed by atoms with van der Waals surface area (Å²) in [5, 5.41) is 38.9. The molecule has 0 aromatic rings. The van der Waals surface area contributed by atoms with Gasteiger partial charge in [0.25, 0.3) is 0 Å². The van der Waals surface area contributed by atoms with Gasteiger partial charge in [-0.2, -0.15) is 0 Å². The summed E-state index contributed by atoms with van der Waals surface area (Å²) in [5.74, 6) is 0. The summed E-state index contributed by atoms with van der Waals surface area (Å²) in [7, 11) is 17.0. The first-order valence-electron chi connectivity index (χ1n) is 12.1. The summed E-state index contributed by atoms with van der Waals surface area (Å²) in [6, 6.07) is 0. The third-order valence-electron chi connectivity index (χ3n) is 1.10. The first-order valence-corrected chi connectivity index (χ1v) is 14.7. The second-order valence-corrected chi connectivity index (χ2v) is 11.7. The molecule has 0 aliphatic heterocycles. The van der Waals surface area contributed by atoms with Crippen molar-refractivity contribution in [2.24, 2.45) is 0 Å². The molecule has 0 saturated heterocycles. The smallest absolute Gasteiger partial charge is 0.547 e. The van der Waals surface area contributed by atoms with Crippen molar-refractivity contribution < 1.29 is 156 Å². The molecule has 0 amide bonds. The van der Waals surface area contributed by atoms with Crippen LogP contribution in [0.15, 0.2) is 0 Å². The second kappa shape index (κ2) is 43.9. The van der Waals surface area contributed by atoms with Crippen molar-refractivity contribution >= 4 is 145 Å². The first-order chi connectivity index (χ1) is 25.8. The zero-order valence-corrected chi connectivity index (χ0v) is 35.2. The van der Waals surface area contributed by atoms with E-state index in [2.05, 4.69) is 191 Å². The number of carboxylic acid groups (broad SMARTS) is 6. The molecule has 0 spiro atoms. The van der Waals surface area contributed by atoms with Crippen molar-refractivity contribution in [3.8, 4) is 0 Å². The lowest BCUT2D eigenvalue weighted by Crippen LogP contribution is -2.27. The van der Waals surface area contributed by atoms with E-state index in [9.17, 15) is 57.5 Å². The van der Waals surface area contributed by atoms with Gasteiger partial charge >= 0.3 is 58.1 Å². The quantitative estimate of drug-likeness (QED) is 0.0541. The number of hydrogen-bond acceptors (Lipinski definition) is 26. The van der Waals surface area contributed by atoms with Gasteiger partial charge in [-0.25, -0.2) is 96.8 Å². The van der Waals surface area contributed by atoms with Crippen LogP contribution in [0.3, 0.4) is 0 Å². The Morgan fingerprint density at radius 3 is 0.448 bits per heavy atom. The summed E-state index contributed by atoms with van der Waals surface area (Å²) < 4.78 is 2.00. The van der Waals surface area contributed by atoms with E-state index in [0.717, 1.165) is 8.97 Å². The van der Waals surface area contributed by atoms with Gasteiger partial charge in [0.05, 0.1) is 56.4 Å². The van der Waals surface area contributed by atoms with E-state index in [4.69, 9.17) is 30.6 Å². The number of hydrogen-bond donors (Lipinski definition) is 10. The number of thiol groups is 4. The van der Waals surface area contributed by atoms with Crippen molar-refractivity contribution in [3.05, 3.63) is 0 Å². The minimum Gasteiger partial charge on any atom is -0.693 e. The van der Waals surface area contributed by atoms with E-state index in [1.54, 1.807) is 0 Å². The largest absolute Gasteiger partial charge is 0.693 e. The molecule has 0 aliphatic rings. The molecule has 340 valence electrons. The first kappa shape index (κ1) is 70.0. The average Bonchev–Trinajstić information content (AvgIpc) is 2.99. The maximum Gasteiger partial charge on any atom is 0.547 e. The Balaban J connectivity index is -0.0000000826. The van der Waals surface area contributed by atoms with Crippen molar-refractivity contribution in [2.75, 3.05) is 56.4 Å². The molecule has 0 rings (SSSR count). The number of nitrogens with zero attached hydrogens (tertiary/aromatic N) is 2. The summed E-state index contributed by atoms with van der Waals surface area (Å²) in [6.07, 6.45) is -10.2. The average molecular weight is 975 g/mol. The third-order valence-corrected chi connectivity index (χ3v) is 1.53. The van der Waals surface area contributed by atoms with Crippen molar-refractivity contribution in [2.45, 2.75) is 0 Å². The van der Waals surface area contributed by atoms with E-state index < -0.39 is 68.7 Å². The van der Waals surface area contributed by atoms with Crippen LogP contribution >= 0.6 is 50.5 Å². The fourth-order valence-corrected chi connectivity index (χ4v) is 0.642. The van der Waals surface area contributed by atoms with Gasteiger partial charge in [-0.1, -0.05) is 50.5 Å². The highest BCUT2D eigenvalue weighted by atomic mass is 32.1. The van der Waals surface area contributed by atoms with Crippen LogP contribution in [0.25, 0.3) is 0 Å². The molecular weight excluding hydrogens is 941 g/mol. The molecule has 0 aromatic heterocycles. The van der Waals surface area contributed by atoms with Crippen LogP contribution in [0.5, 0.6) is 0 Å². The molecule has 0 saturated carbocycles. The Morgan fingerprint density at radius 2 is 0.414 bits per heavy atom. The second-order valence-electron chi connectivity index (χ2n) is 9.53. The molecule has 0 radical (unpaired) electrons. The van der Waals surface area contributed by atoms with Crippen LogP contribution in [-0.2, 0) is 83.9 Å². The molecular formula is C20H34N2O30S6. The monoisotopic (exact) mass is 974 g/mol. The van der Waals surface area contributed by atoms with Gasteiger partial charge in [-0.3, -0.25) is 19.4 Å². The van der Waals surface area contributed by atoms with E-state index >= 15 is 0 Å². The van der Waals surface area contributed by atoms with E-state index in [0.29, 0.717) is 0 Å². The molecule has 58 heavy (non-hydrogen) atoms. The number of carbonyl (C=O) groups is 12. The summed E-state index contributed by atoms with van der Waals surface area (Å²) in [6.45, 7) is 0. The minimum absolute atomic E-state index is 1.00. The van der Waals surface area contributed by atoms with Gasteiger partial charge in [-0.05, 0) is 0 Å². The lowest BCUT2D eigenvalue weighted by Gasteiger charge is -2.14. The van der Waals surface area contributed by atoms with Crippen molar-refractivity contribution in [1.29, 1.82) is 0 Å². The van der Waals surface area contributed by atoms with Gasteiger partial charge in [0, 0.05) is 0 Å². The van der Waals surface area contributed by atoms with Gasteiger partial charge < -0.3 is 64.9 Å². The summed E-state index contributed by atoms with van der Waals surface area (Å²) in [4.78, 5) is 154. The van der Waals surface area contributed by atoms with Crippen molar-refractivity contribution in [1.82, 2.24) is 0 Å². The molecule has 0 unspecified atom stereocenters. The number of quaternary nitrogens is 2. The third kappa shape index (κ3) is 207. The van der Waals surface area contributed by atoms with Crippen LogP contribution in [0, 0.1) is 0 Å². The molecule has 32 nitrogen and oxygen atoms in total. The predicted octanol–water partition coefficient (Wildman–Crippen LogP) is 3.85. The fourth-order valence-electron chi connectivity index (χ4n) is 0.424. The molecule has 0 aliphatic carbocycles. The SMILES string of the molecule is C[N+](C)(C)C.C[N+](C)(C)C.O=C(O)OOC(=O)S.O=C(O)OOC(=O)S.O=C(O)OOC(=O)S.O=C(O)OOC(=O)S.O=C(O)OOC(=O)[S-].O=C(O)OOC(=O)[S-]. The molecule has 6 N–H and O–H groups in total. The normalized spacial score (nSPS) is 8.34. The van der Waals surface area contributed by atoms with Crippen molar-refractivity contribution in [3.63, 3.8) is 0 Å². The molecule has 0 aromatic carbocycles. The number of rotatable bonds is 0. The maximum absolute atomic E-state index is 9.60. The molecule has 0 heterocycles. The van der Waals surface area contributed by atoms with Crippen LogP contribution < -0.4 is 0 Å². The highest BCUT2D eigenvalue weighted by Gasteiger charge is 2.02. The molecule has 0 fully saturated rings. The van der Waals surface area contributed by atoms with Gasteiger partial charge in [0.15, 0.2) is 0 Å². The predicted molar refractivity (Wildman–Crippen MR) is 192 cm³/mol. The highest BCUT2D eigenvalue weighted by Crippen LogP contribution is 1.89. The van der Waals surface area contributed by atoms with Crippen LogP contribution in [0.2, 0.25) is 0 Å². The van der Waals surface area contributed by atoms with Gasteiger partial charge in [0.1, 0.15) is 0 Å². The van der Waals surface area contributed by atoms with E-state index in [1.807, 2.05) is 0 Å². The fraction of sp³-hybridized carbons (Fsp3) is 0.400. The molecule has 38 heteroatoms. The zero-order chi connectivity index (χ0) is 48.4. The van der Waals surface area contributed by atoms with Crippen LogP contribution in [0.4, 0.5) is 57.5 Å². The van der Waals surface area contributed by atoms with E-state index in [-0.39, 0.29) is 0 Å². The topological polar surface area (TPSA) is 437 Å².